The first-order valence-electron chi connectivity index (χ1n) is 8.72. The Bertz CT molecular complexity index is 784. The van der Waals surface area contributed by atoms with Crippen molar-refractivity contribution in [2.45, 2.75) is 26.9 Å². The molecule has 0 radical (unpaired) electrons. The SMILES string of the molecule is CCn1ncc(CN2CCN(C(=S)Nc3ccc(F)cc3F)CC2)c1C. The molecule has 140 valence electrons. The third-order valence-corrected chi connectivity index (χ3v) is 5.09. The fraction of sp³-hybridized carbons (Fsp3) is 0.444. The molecular formula is C18H23F2N5S. The molecule has 1 fully saturated rings. The van der Waals surface area contributed by atoms with Crippen molar-refractivity contribution in [3.05, 3.63) is 47.3 Å². The highest BCUT2D eigenvalue weighted by Crippen LogP contribution is 2.17. The molecule has 1 aliphatic heterocycles. The van der Waals surface area contributed by atoms with E-state index in [0.717, 1.165) is 45.3 Å². The van der Waals surface area contributed by atoms with E-state index in [1.807, 2.05) is 15.8 Å². The molecule has 0 unspecified atom stereocenters. The normalized spacial score (nSPS) is 15.3. The van der Waals surface area contributed by atoms with Gasteiger partial charge in [-0.2, -0.15) is 5.10 Å². The van der Waals surface area contributed by atoms with Gasteiger partial charge in [0, 0.05) is 56.6 Å². The summed E-state index contributed by atoms with van der Waals surface area (Å²) in [6.07, 6.45) is 1.94. The number of thiocarbonyl (C=S) groups is 1. The summed E-state index contributed by atoms with van der Waals surface area (Å²) in [5.74, 6) is -1.25. The maximum absolute atomic E-state index is 13.8. The van der Waals surface area contributed by atoms with Gasteiger partial charge >= 0.3 is 0 Å². The van der Waals surface area contributed by atoms with E-state index >= 15 is 0 Å². The lowest BCUT2D eigenvalue weighted by atomic mass is 10.2. The summed E-state index contributed by atoms with van der Waals surface area (Å²) in [4.78, 5) is 4.37. The molecular weight excluding hydrogens is 356 g/mol. The maximum Gasteiger partial charge on any atom is 0.173 e. The number of benzene rings is 1. The second-order valence-electron chi connectivity index (χ2n) is 6.39. The molecule has 0 atom stereocenters. The van der Waals surface area contributed by atoms with Gasteiger partial charge in [-0.15, -0.1) is 0 Å². The van der Waals surface area contributed by atoms with Crippen LogP contribution in [-0.2, 0) is 13.1 Å². The predicted octanol–water partition coefficient (Wildman–Crippen LogP) is 3.00. The molecule has 0 amide bonds. The van der Waals surface area contributed by atoms with E-state index in [9.17, 15) is 8.78 Å². The number of hydrogen-bond acceptors (Lipinski definition) is 3. The third-order valence-electron chi connectivity index (χ3n) is 4.73. The van der Waals surface area contributed by atoms with Gasteiger partial charge in [0.15, 0.2) is 5.11 Å². The Kier molecular flexibility index (Phi) is 5.83. The van der Waals surface area contributed by atoms with Crippen LogP contribution in [0.4, 0.5) is 14.5 Å². The van der Waals surface area contributed by atoms with Gasteiger partial charge in [0.05, 0.1) is 11.9 Å². The number of nitrogens with one attached hydrogen (secondary N) is 1. The number of nitrogens with zero attached hydrogens (tertiary/aromatic N) is 4. The van der Waals surface area contributed by atoms with E-state index in [0.29, 0.717) is 5.11 Å². The zero-order chi connectivity index (χ0) is 18.7. The minimum atomic E-state index is -0.644. The summed E-state index contributed by atoms with van der Waals surface area (Å²) >= 11 is 5.38. The standard InChI is InChI=1S/C18H23F2N5S/c1-3-25-13(2)14(11-21-25)12-23-6-8-24(9-7-23)18(26)22-17-5-4-15(19)10-16(17)20/h4-5,10-11H,3,6-9,12H2,1-2H3,(H,22,26). The second kappa shape index (κ2) is 8.09. The highest BCUT2D eigenvalue weighted by Gasteiger charge is 2.21. The quantitative estimate of drug-likeness (QED) is 0.827. The van der Waals surface area contributed by atoms with Crippen molar-refractivity contribution in [3.8, 4) is 0 Å². The van der Waals surface area contributed by atoms with E-state index in [-0.39, 0.29) is 5.69 Å². The molecule has 5 nitrogen and oxygen atoms in total. The molecule has 1 N–H and O–H groups in total. The summed E-state index contributed by atoms with van der Waals surface area (Å²) in [5.41, 5.74) is 2.65. The average Bonchev–Trinajstić information content (AvgIpc) is 2.98. The summed E-state index contributed by atoms with van der Waals surface area (Å²) < 4.78 is 28.7. The number of anilines is 1. The number of hydrogen-bond donors (Lipinski definition) is 1. The zero-order valence-electron chi connectivity index (χ0n) is 15.0. The fourth-order valence-electron chi connectivity index (χ4n) is 3.09. The molecule has 1 aromatic carbocycles. The monoisotopic (exact) mass is 379 g/mol. The third kappa shape index (κ3) is 4.19. The van der Waals surface area contributed by atoms with Crippen LogP contribution in [0, 0.1) is 18.6 Å². The Morgan fingerprint density at radius 2 is 1.96 bits per heavy atom. The minimum absolute atomic E-state index is 0.196. The number of rotatable bonds is 4. The van der Waals surface area contributed by atoms with Gasteiger partial charge in [0.2, 0.25) is 0 Å². The van der Waals surface area contributed by atoms with Crippen LogP contribution >= 0.6 is 12.2 Å². The van der Waals surface area contributed by atoms with E-state index in [2.05, 4.69) is 29.2 Å². The highest BCUT2D eigenvalue weighted by molar-refractivity contribution is 7.80. The molecule has 8 heteroatoms. The highest BCUT2D eigenvalue weighted by atomic mass is 32.1. The van der Waals surface area contributed by atoms with Crippen LogP contribution in [-0.4, -0.2) is 50.9 Å². The first kappa shape index (κ1) is 18.7. The van der Waals surface area contributed by atoms with Crippen LogP contribution in [0.3, 0.4) is 0 Å². The fourth-order valence-corrected chi connectivity index (χ4v) is 3.39. The van der Waals surface area contributed by atoms with Gasteiger partial charge in [0.1, 0.15) is 11.6 Å². The van der Waals surface area contributed by atoms with Gasteiger partial charge in [-0.1, -0.05) is 0 Å². The van der Waals surface area contributed by atoms with Crippen molar-refractivity contribution in [2.75, 3.05) is 31.5 Å². The summed E-state index contributed by atoms with van der Waals surface area (Å²) in [6, 6.07) is 3.42. The van der Waals surface area contributed by atoms with Gasteiger partial charge in [0.25, 0.3) is 0 Å². The smallest absolute Gasteiger partial charge is 0.173 e. The van der Waals surface area contributed by atoms with Crippen LogP contribution in [0.1, 0.15) is 18.2 Å². The van der Waals surface area contributed by atoms with Crippen molar-refractivity contribution >= 4 is 23.0 Å². The molecule has 0 bridgehead atoms. The zero-order valence-corrected chi connectivity index (χ0v) is 15.8. The molecule has 0 saturated carbocycles. The van der Waals surface area contributed by atoms with Crippen LogP contribution in [0.2, 0.25) is 0 Å². The molecule has 1 aliphatic rings. The van der Waals surface area contributed by atoms with Gasteiger partial charge in [-0.3, -0.25) is 9.58 Å². The number of aryl methyl sites for hydroxylation is 1. The molecule has 0 aliphatic carbocycles. The number of halogens is 2. The largest absolute Gasteiger partial charge is 0.346 e. The Morgan fingerprint density at radius 1 is 1.23 bits per heavy atom. The first-order valence-corrected chi connectivity index (χ1v) is 9.13. The molecule has 1 aromatic heterocycles. The molecule has 2 heterocycles. The van der Waals surface area contributed by atoms with E-state index in [4.69, 9.17) is 12.2 Å². The van der Waals surface area contributed by atoms with Crippen molar-refractivity contribution in [1.82, 2.24) is 19.6 Å². The Labute approximate surface area is 157 Å². The van der Waals surface area contributed by atoms with E-state index in [1.165, 1.54) is 23.4 Å². The lowest BCUT2D eigenvalue weighted by Gasteiger charge is -2.36. The summed E-state index contributed by atoms with van der Waals surface area (Å²) in [6.45, 7) is 9.17. The van der Waals surface area contributed by atoms with E-state index in [1.54, 1.807) is 0 Å². The maximum atomic E-state index is 13.8. The molecule has 3 rings (SSSR count). The molecule has 2 aromatic rings. The lowest BCUT2D eigenvalue weighted by molar-refractivity contribution is 0.176. The number of aromatic nitrogens is 2. The Balaban J connectivity index is 1.52. The first-order chi connectivity index (χ1) is 12.5. The Morgan fingerprint density at radius 3 is 2.58 bits per heavy atom. The summed E-state index contributed by atoms with van der Waals surface area (Å²) in [5, 5.41) is 7.73. The van der Waals surface area contributed by atoms with Crippen molar-refractivity contribution < 1.29 is 8.78 Å². The lowest BCUT2D eigenvalue weighted by Crippen LogP contribution is -2.49. The predicted molar refractivity (Wildman–Crippen MR) is 102 cm³/mol. The van der Waals surface area contributed by atoms with Gasteiger partial charge < -0.3 is 10.2 Å². The molecule has 1 saturated heterocycles. The van der Waals surface area contributed by atoms with Gasteiger partial charge in [-0.05, 0) is 38.2 Å². The second-order valence-corrected chi connectivity index (χ2v) is 6.78. The van der Waals surface area contributed by atoms with Crippen LogP contribution < -0.4 is 5.32 Å². The van der Waals surface area contributed by atoms with E-state index < -0.39 is 11.6 Å². The van der Waals surface area contributed by atoms with Crippen molar-refractivity contribution in [2.24, 2.45) is 0 Å². The van der Waals surface area contributed by atoms with Crippen molar-refractivity contribution in [3.63, 3.8) is 0 Å². The van der Waals surface area contributed by atoms with Crippen LogP contribution in [0.15, 0.2) is 24.4 Å². The minimum Gasteiger partial charge on any atom is -0.346 e. The van der Waals surface area contributed by atoms with Crippen molar-refractivity contribution in [1.29, 1.82) is 0 Å². The topological polar surface area (TPSA) is 36.3 Å². The van der Waals surface area contributed by atoms with Crippen LogP contribution in [0.5, 0.6) is 0 Å². The Hall–Kier alpha value is -2.06. The van der Waals surface area contributed by atoms with Crippen LogP contribution in [0.25, 0.3) is 0 Å². The molecule has 0 spiro atoms. The summed E-state index contributed by atoms with van der Waals surface area (Å²) in [7, 11) is 0. The number of piperazine rings is 1. The van der Waals surface area contributed by atoms with Gasteiger partial charge in [-0.25, -0.2) is 8.78 Å². The molecule has 26 heavy (non-hydrogen) atoms. The average molecular weight is 379 g/mol.